The smallest absolute Gasteiger partial charge is 0.325 e. The van der Waals surface area contributed by atoms with Crippen LogP contribution in [-0.4, -0.2) is 39.5 Å². The number of rotatable bonds is 5. The number of ether oxygens (including phenoxy) is 1. The molecule has 2 aromatic rings. The van der Waals surface area contributed by atoms with Gasteiger partial charge in [0.2, 0.25) is 0 Å². The Balaban J connectivity index is 2.55. The molecule has 6 nitrogen and oxygen atoms in total. The van der Waals surface area contributed by atoms with Gasteiger partial charge in [-0.1, -0.05) is 11.8 Å². The Bertz CT molecular complexity index is 717. The Labute approximate surface area is 121 Å². The number of hydrogen-bond acceptors (Lipinski definition) is 5. The van der Waals surface area contributed by atoms with Gasteiger partial charge in [0.05, 0.1) is 18.4 Å². The second kappa shape index (κ2) is 6.08. The van der Waals surface area contributed by atoms with E-state index in [4.69, 9.17) is 5.11 Å². The minimum atomic E-state index is -1.15. The van der Waals surface area contributed by atoms with E-state index in [1.54, 1.807) is 0 Å². The molecule has 0 aliphatic rings. The lowest BCUT2D eigenvalue weighted by molar-refractivity contribution is -0.141. The van der Waals surface area contributed by atoms with Gasteiger partial charge >= 0.3 is 11.9 Å². The van der Waals surface area contributed by atoms with Gasteiger partial charge in [0.15, 0.2) is 16.8 Å². The molecule has 0 fully saturated rings. The van der Waals surface area contributed by atoms with Gasteiger partial charge in [-0.3, -0.25) is 9.59 Å². The Morgan fingerprint density at radius 3 is 2.76 bits per heavy atom. The zero-order valence-electron chi connectivity index (χ0n) is 10.8. The molecule has 9 heteroatoms. The second-order valence-corrected chi connectivity index (χ2v) is 4.91. The van der Waals surface area contributed by atoms with Gasteiger partial charge in [-0.2, -0.15) is 0 Å². The van der Waals surface area contributed by atoms with E-state index in [0.717, 1.165) is 29.5 Å². The molecule has 1 N–H and O–H groups in total. The molecule has 112 valence electrons. The zero-order chi connectivity index (χ0) is 15.6. The molecule has 0 aliphatic heterocycles. The molecule has 1 aromatic heterocycles. The van der Waals surface area contributed by atoms with Crippen LogP contribution in [0.4, 0.5) is 8.78 Å². The average Bonchev–Trinajstić information content (AvgIpc) is 2.79. The van der Waals surface area contributed by atoms with Crippen molar-refractivity contribution >= 4 is 34.7 Å². The number of aromatic nitrogens is 2. The first kappa shape index (κ1) is 15.2. The van der Waals surface area contributed by atoms with Crippen LogP contribution in [-0.2, 0) is 20.9 Å². The average molecular weight is 316 g/mol. The van der Waals surface area contributed by atoms with Crippen LogP contribution in [0, 0.1) is 11.6 Å². The molecule has 0 unspecified atom stereocenters. The number of methoxy groups -OCH3 is 1. The highest BCUT2D eigenvalue weighted by atomic mass is 32.2. The zero-order valence-corrected chi connectivity index (χ0v) is 11.6. The van der Waals surface area contributed by atoms with Crippen molar-refractivity contribution in [1.29, 1.82) is 0 Å². The summed E-state index contributed by atoms with van der Waals surface area (Å²) in [6, 6.07) is 2.17. The number of esters is 1. The lowest BCUT2D eigenvalue weighted by atomic mass is 10.3. The van der Waals surface area contributed by atoms with E-state index < -0.39 is 30.1 Å². The van der Waals surface area contributed by atoms with E-state index in [1.165, 1.54) is 6.07 Å². The van der Waals surface area contributed by atoms with E-state index in [9.17, 15) is 18.4 Å². The van der Waals surface area contributed by atoms with E-state index in [2.05, 4.69) is 9.72 Å². The van der Waals surface area contributed by atoms with Crippen molar-refractivity contribution in [3.63, 3.8) is 0 Å². The number of halogens is 2. The second-order valence-electron chi connectivity index (χ2n) is 3.97. The van der Waals surface area contributed by atoms with Crippen molar-refractivity contribution in [3.8, 4) is 0 Å². The van der Waals surface area contributed by atoms with Crippen LogP contribution in [0.25, 0.3) is 11.0 Å². The highest BCUT2D eigenvalue weighted by Gasteiger charge is 2.20. The van der Waals surface area contributed by atoms with Crippen molar-refractivity contribution in [3.05, 3.63) is 23.8 Å². The molecule has 2 rings (SSSR count). The fraction of sp³-hybridized carbons (Fsp3) is 0.250. The molecule has 0 atom stereocenters. The maximum Gasteiger partial charge on any atom is 0.325 e. The van der Waals surface area contributed by atoms with Gasteiger partial charge in [-0.05, 0) is 12.1 Å². The summed E-state index contributed by atoms with van der Waals surface area (Å²) in [4.78, 5) is 26.0. The van der Waals surface area contributed by atoms with E-state index in [-0.39, 0.29) is 21.9 Å². The van der Waals surface area contributed by atoms with Crippen LogP contribution in [0.2, 0.25) is 0 Å². The number of thioether (sulfide) groups is 1. The maximum atomic E-state index is 13.9. The topological polar surface area (TPSA) is 81.4 Å². The summed E-state index contributed by atoms with van der Waals surface area (Å²) in [5.74, 6) is -4.33. The van der Waals surface area contributed by atoms with Crippen molar-refractivity contribution in [2.75, 3.05) is 12.9 Å². The number of benzene rings is 1. The summed E-state index contributed by atoms with van der Waals surface area (Å²) in [6.45, 7) is -0.394. The molecule has 0 saturated heterocycles. The largest absolute Gasteiger partial charge is 0.481 e. The highest BCUT2D eigenvalue weighted by molar-refractivity contribution is 7.99. The molecule has 1 aromatic carbocycles. The molecular weight excluding hydrogens is 306 g/mol. The Kier molecular flexibility index (Phi) is 4.41. The van der Waals surface area contributed by atoms with E-state index in [0.29, 0.717) is 0 Å². The predicted octanol–water partition coefficient (Wildman–Crippen LogP) is 1.66. The third-order valence-corrected chi connectivity index (χ3v) is 3.57. The maximum absolute atomic E-state index is 13.9. The number of carbonyl (C=O) groups is 2. The summed E-state index contributed by atoms with van der Waals surface area (Å²) in [7, 11) is 1.16. The quantitative estimate of drug-likeness (QED) is 0.667. The van der Waals surface area contributed by atoms with Gasteiger partial charge in [0.25, 0.3) is 0 Å². The molecule has 0 bridgehead atoms. The van der Waals surface area contributed by atoms with Gasteiger partial charge in [0, 0.05) is 0 Å². The molecule has 21 heavy (non-hydrogen) atoms. The van der Waals surface area contributed by atoms with E-state index in [1.807, 2.05) is 0 Å². The Hall–Kier alpha value is -2.16. The molecular formula is C12H10F2N2O4S. The molecule has 1 heterocycles. The third-order valence-electron chi connectivity index (χ3n) is 2.60. The summed E-state index contributed by atoms with van der Waals surface area (Å²) >= 11 is 0.803. The Morgan fingerprint density at radius 2 is 2.14 bits per heavy atom. The monoisotopic (exact) mass is 316 g/mol. The van der Waals surface area contributed by atoms with Crippen LogP contribution in [0.1, 0.15) is 0 Å². The van der Waals surface area contributed by atoms with Crippen molar-refractivity contribution in [2.24, 2.45) is 0 Å². The molecule has 0 spiro atoms. The fourth-order valence-corrected chi connectivity index (χ4v) is 2.44. The SMILES string of the molecule is COC(=O)Cn1c(SCC(=O)O)nc2ccc(F)c(F)c21. The summed E-state index contributed by atoms with van der Waals surface area (Å²) in [6.07, 6.45) is 0. The number of carbonyl (C=O) groups excluding carboxylic acids is 1. The first-order chi connectivity index (χ1) is 9.93. The van der Waals surface area contributed by atoms with Crippen LogP contribution in [0.3, 0.4) is 0 Å². The first-order valence-corrected chi connectivity index (χ1v) is 6.68. The molecule has 0 amide bonds. The van der Waals surface area contributed by atoms with Crippen LogP contribution in [0.15, 0.2) is 17.3 Å². The number of nitrogens with zero attached hydrogens (tertiary/aromatic N) is 2. The molecule has 0 radical (unpaired) electrons. The number of aliphatic carboxylic acids is 1. The number of imidazole rings is 1. The van der Waals surface area contributed by atoms with Gasteiger partial charge in [-0.15, -0.1) is 0 Å². The summed E-state index contributed by atoms with van der Waals surface area (Å²) in [5, 5.41) is 8.78. The van der Waals surface area contributed by atoms with Crippen molar-refractivity contribution < 1.29 is 28.2 Å². The minimum Gasteiger partial charge on any atom is -0.481 e. The summed E-state index contributed by atoms with van der Waals surface area (Å²) < 4.78 is 32.8. The van der Waals surface area contributed by atoms with Crippen LogP contribution >= 0.6 is 11.8 Å². The number of fused-ring (bicyclic) bond motifs is 1. The first-order valence-electron chi connectivity index (χ1n) is 5.69. The molecule has 0 saturated carbocycles. The van der Waals surface area contributed by atoms with Crippen LogP contribution in [0.5, 0.6) is 0 Å². The lowest BCUT2D eigenvalue weighted by Gasteiger charge is -2.07. The number of carboxylic acid groups (broad SMARTS) is 1. The van der Waals surface area contributed by atoms with Crippen molar-refractivity contribution in [2.45, 2.75) is 11.7 Å². The minimum absolute atomic E-state index is 0.0994. The van der Waals surface area contributed by atoms with Gasteiger partial charge in [0.1, 0.15) is 12.1 Å². The number of hydrogen-bond donors (Lipinski definition) is 1. The highest BCUT2D eigenvalue weighted by Crippen LogP contribution is 2.27. The lowest BCUT2D eigenvalue weighted by Crippen LogP contribution is -2.13. The Morgan fingerprint density at radius 1 is 1.43 bits per heavy atom. The standard InChI is InChI=1S/C12H10F2N2O4S/c1-20-9(19)4-16-11-7(3-2-6(13)10(11)14)15-12(16)21-5-8(17)18/h2-3H,4-5H2,1H3,(H,17,18). The third kappa shape index (κ3) is 3.13. The fourth-order valence-electron chi connectivity index (χ4n) is 1.71. The summed E-state index contributed by atoms with van der Waals surface area (Å²) in [5.41, 5.74) is -0.0704. The molecule has 0 aliphatic carbocycles. The van der Waals surface area contributed by atoms with Gasteiger partial charge < -0.3 is 14.4 Å². The predicted molar refractivity (Wildman–Crippen MR) is 70.0 cm³/mol. The van der Waals surface area contributed by atoms with E-state index >= 15 is 0 Å². The van der Waals surface area contributed by atoms with Gasteiger partial charge in [-0.25, -0.2) is 13.8 Å². The normalized spacial score (nSPS) is 10.8. The number of carboxylic acids is 1. The van der Waals surface area contributed by atoms with Crippen LogP contribution < -0.4 is 0 Å². The van der Waals surface area contributed by atoms with Crippen molar-refractivity contribution in [1.82, 2.24) is 9.55 Å².